The molecule has 1 fully saturated rings. The monoisotopic (exact) mass is 548 g/mol. The minimum Gasteiger partial charge on any atom is -0.406 e. The molecule has 2 aromatic carbocycles. The van der Waals surface area contributed by atoms with Crippen molar-refractivity contribution in [2.24, 2.45) is 7.05 Å². The number of nitrogens with zero attached hydrogens (tertiary/aromatic N) is 4. The lowest BCUT2D eigenvalue weighted by Gasteiger charge is -2.34. The average Bonchev–Trinajstić information content (AvgIpc) is 2.86. The number of aromatic nitrogens is 3. The van der Waals surface area contributed by atoms with Crippen molar-refractivity contribution in [3.05, 3.63) is 81.1 Å². The lowest BCUT2D eigenvalue weighted by atomic mass is 10.1. The summed E-state index contributed by atoms with van der Waals surface area (Å²) < 4.78 is 64.4. The Kier molecular flexibility index (Phi) is 6.74. The third-order valence-corrected chi connectivity index (χ3v) is 6.55. The molecule has 4 aromatic rings. The second-order valence-corrected chi connectivity index (χ2v) is 9.23. The summed E-state index contributed by atoms with van der Waals surface area (Å²) in [4.78, 5) is 24.3. The molecule has 7 nitrogen and oxygen atoms in total. The second-order valence-electron chi connectivity index (χ2n) is 8.80. The Morgan fingerprint density at radius 2 is 1.92 bits per heavy atom. The highest BCUT2D eigenvalue weighted by Crippen LogP contribution is 2.34. The molecule has 0 amide bonds. The van der Waals surface area contributed by atoms with Crippen LogP contribution in [0, 0.1) is 12.7 Å². The molecule has 38 heavy (non-hydrogen) atoms. The number of alkyl halides is 3. The number of benzene rings is 2. The fourth-order valence-corrected chi connectivity index (χ4v) is 4.55. The Hall–Kier alpha value is -3.70. The van der Waals surface area contributed by atoms with Gasteiger partial charge in [0.2, 0.25) is 0 Å². The van der Waals surface area contributed by atoms with E-state index < -0.39 is 18.3 Å². The van der Waals surface area contributed by atoms with E-state index in [2.05, 4.69) is 14.7 Å². The first kappa shape index (κ1) is 25.9. The number of hydrogen-bond donors (Lipinski definition) is 0. The molecule has 1 aliphatic rings. The van der Waals surface area contributed by atoms with Gasteiger partial charge in [0.05, 0.1) is 23.2 Å². The van der Waals surface area contributed by atoms with Crippen molar-refractivity contribution in [1.29, 1.82) is 0 Å². The minimum atomic E-state index is -4.82. The molecule has 0 radical (unpaired) electrons. The van der Waals surface area contributed by atoms with Crippen LogP contribution in [0.1, 0.15) is 17.5 Å². The van der Waals surface area contributed by atoms with Gasteiger partial charge < -0.3 is 14.4 Å². The molecule has 3 heterocycles. The number of pyridine rings is 1. The molecule has 0 bridgehead atoms. The third-order valence-electron chi connectivity index (χ3n) is 6.31. The van der Waals surface area contributed by atoms with Crippen LogP contribution in [-0.4, -0.2) is 40.6 Å². The first-order chi connectivity index (χ1) is 18.0. The van der Waals surface area contributed by atoms with E-state index in [0.717, 1.165) is 6.07 Å². The summed E-state index contributed by atoms with van der Waals surface area (Å²) in [7, 11) is 1.57. The van der Waals surface area contributed by atoms with Crippen molar-refractivity contribution in [2.75, 3.05) is 24.6 Å². The van der Waals surface area contributed by atoms with Gasteiger partial charge in [-0.2, -0.15) is 0 Å². The molecule has 0 saturated carbocycles. The first-order valence-corrected chi connectivity index (χ1v) is 11.9. The number of halogens is 5. The summed E-state index contributed by atoms with van der Waals surface area (Å²) >= 11 is 5.94. The Labute approximate surface area is 219 Å². The van der Waals surface area contributed by atoms with Crippen LogP contribution in [0.2, 0.25) is 5.02 Å². The van der Waals surface area contributed by atoms with Crippen molar-refractivity contribution in [1.82, 2.24) is 14.5 Å². The predicted molar refractivity (Wildman–Crippen MR) is 134 cm³/mol. The maximum Gasteiger partial charge on any atom is 0.573 e. The summed E-state index contributed by atoms with van der Waals surface area (Å²) in [6, 6.07) is 11.3. The number of anilines is 1. The topological polar surface area (TPSA) is 69.5 Å². The van der Waals surface area contributed by atoms with Gasteiger partial charge in [0.25, 0.3) is 5.56 Å². The number of rotatable bonds is 4. The van der Waals surface area contributed by atoms with Crippen LogP contribution >= 0.6 is 11.6 Å². The molecule has 198 valence electrons. The molecule has 0 aliphatic carbocycles. The fraction of sp³-hybridized carbons (Fsp3) is 0.269. The van der Waals surface area contributed by atoms with E-state index >= 15 is 4.39 Å². The smallest absolute Gasteiger partial charge is 0.406 e. The van der Waals surface area contributed by atoms with Crippen LogP contribution in [0.25, 0.3) is 22.2 Å². The molecule has 5 rings (SSSR count). The maximum absolute atomic E-state index is 15.0. The summed E-state index contributed by atoms with van der Waals surface area (Å²) in [5.41, 5.74) is 0.652. The number of morpholine rings is 1. The van der Waals surface area contributed by atoms with Gasteiger partial charge in [0.1, 0.15) is 29.3 Å². The van der Waals surface area contributed by atoms with Crippen molar-refractivity contribution < 1.29 is 27.0 Å². The van der Waals surface area contributed by atoms with Gasteiger partial charge in [-0.3, -0.25) is 9.36 Å². The predicted octanol–water partition coefficient (Wildman–Crippen LogP) is 5.57. The Bertz CT molecular complexity index is 1590. The van der Waals surface area contributed by atoms with Gasteiger partial charge in [-0.25, -0.2) is 14.4 Å². The summed E-state index contributed by atoms with van der Waals surface area (Å²) in [5.74, 6) is -0.121. The molecule has 12 heteroatoms. The highest BCUT2D eigenvalue weighted by atomic mass is 35.5. The molecule has 0 unspecified atom stereocenters. The fourth-order valence-electron chi connectivity index (χ4n) is 4.39. The van der Waals surface area contributed by atoms with Gasteiger partial charge in [-0.15, -0.1) is 13.2 Å². The van der Waals surface area contributed by atoms with Crippen LogP contribution in [0.4, 0.5) is 23.4 Å². The van der Waals surface area contributed by atoms with Crippen molar-refractivity contribution in [3.63, 3.8) is 0 Å². The Morgan fingerprint density at radius 1 is 1.13 bits per heavy atom. The molecule has 1 saturated heterocycles. The highest BCUT2D eigenvalue weighted by molar-refractivity contribution is 6.30. The van der Waals surface area contributed by atoms with Gasteiger partial charge in [0.15, 0.2) is 0 Å². The number of fused-ring (bicyclic) bond motifs is 1. The Balaban J connectivity index is 1.58. The molecule has 1 atom stereocenters. The normalized spacial score (nSPS) is 16.2. The lowest BCUT2D eigenvalue weighted by Crippen LogP contribution is -2.39. The van der Waals surface area contributed by atoms with E-state index in [1.54, 1.807) is 26.1 Å². The molecular weight excluding hydrogens is 528 g/mol. The lowest BCUT2D eigenvalue weighted by molar-refractivity contribution is -0.274. The van der Waals surface area contributed by atoms with Crippen molar-refractivity contribution in [3.8, 4) is 17.0 Å². The number of ether oxygens (including phenoxy) is 2. The van der Waals surface area contributed by atoms with E-state index in [4.69, 9.17) is 16.3 Å². The molecule has 0 N–H and O–H groups in total. The Morgan fingerprint density at radius 3 is 2.66 bits per heavy atom. The summed E-state index contributed by atoms with van der Waals surface area (Å²) in [6.45, 7) is 2.58. The van der Waals surface area contributed by atoms with Gasteiger partial charge in [0, 0.05) is 36.8 Å². The average molecular weight is 549 g/mol. The van der Waals surface area contributed by atoms with E-state index in [-0.39, 0.29) is 46.1 Å². The van der Waals surface area contributed by atoms with Crippen LogP contribution < -0.4 is 15.2 Å². The standard InChI is InChI=1S/C26H21ClF4N4O3/c1-14-32-20-12-22(33-24(23(20)25(36)34(14)2)18-7-6-16(27)11-19(18)28)35-8-9-37-21(13-35)15-4-3-5-17(10-15)38-26(29,30)31/h3-7,10-12,21H,8-9,13H2,1-2H3/t21-/m1/s1. The van der Waals surface area contributed by atoms with Gasteiger partial charge in [-0.1, -0.05) is 23.7 Å². The van der Waals surface area contributed by atoms with Crippen LogP contribution in [0.15, 0.2) is 53.3 Å². The maximum atomic E-state index is 15.0. The SMILES string of the molecule is Cc1nc2cc(N3CCO[C@@H](c4cccc(OC(F)(F)F)c4)C3)nc(-c3ccc(Cl)cc3F)c2c(=O)n1C. The number of hydrogen-bond acceptors (Lipinski definition) is 6. The van der Waals surface area contributed by atoms with E-state index in [1.165, 1.54) is 34.9 Å². The highest BCUT2D eigenvalue weighted by Gasteiger charge is 2.32. The third kappa shape index (κ3) is 5.16. The molecule has 1 aliphatic heterocycles. The molecule has 0 spiro atoms. The van der Waals surface area contributed by atoms with Crippen LogP contribution in [0.3, 0.4) is 0 Å². The zero-order chi connectivity index (χ0) is 27.2. The number of aryl methyl sites for hydroxylation is 1. The van der Waals surface area contributed by atoms with E-state index in [9.17, 15) is 18.0 Å². The quantitative estimate of drug-likeness (QED) is 0.311. The summed E-state index contributed by atoms with van der Waals surface area (Å²) in [6.07, 6.45) is -5.41. The molecule has 2 aromatic heterocycles. The van der Waals surface area contributed by atoms with Crippen LogP contribution in [0.5, 0.6) is 5.75 Å². The van der Waals surface area contributed by atoms with Gasteiger partial charge in [-0.05, 0) is 42.8 Å². The second kappa shape index (κ2) is 9.88. The zero-order valence-corrected chi connectivity index (χ0v) is 21.0. The van der Waals surface area contributed by atoms with E-state index in [1.807, 2.05) is 4.90 Å². The van der Waals surface area contributed by atoms with E-state index in [0.29, 0.717) is 29.3 Å². The van der Waals surface area contributed by atoms with Crippen molar-refractivity contribution >= 4 is 28.3 Å². The first-order valence-electron chi connectivity index (χ1n) is 11.6. The minimum absolute atomic E-state index is 0.0887. The molecular formula is C26H21ClF4N4O3. The summed E-state index contributed by atoms with van der Waals surface area (Å²) in [5, 5.41) is 0.353. The zero-order valence-electron chi connectivity index (χ0n) is 20.2. The largest absolute Gasteiger partial charge is 0.573 e. The van der Waals surface area contributed by atoms with Crippen LogP contribution in [-0.2, 0) is 11.8 Å². The van der Waals surface area contributed by atoms with Gasteiger partial charge >= 0.3 is 6.36 Å². The van der Waals surface area contributed by atoms with Crippen molar-refractivity contribution in [2.45, 2.75) is 19.4 Å².